The zero-order valence-corrected chi connectivity index (χ0v) is 21.8. The lowest BCUT2D eigenvalue weighted by Gasteiger charge is -2.13. The van der Waals surface area contributed by atoms with E-state index >= 15 is 0 Å². The monoisotopic (exact) mass is 530 g/mol. The average molecular weight is 531 g/mol. The summed E-state index contributed by atoms with van der Waals surface area (Å²) in [6, 6.07) is 17.3. The molecule has 10 nitrogen and oxygen atoms in total. The van der Waals surface area contributed by atoms with Crippen molar-refractivity contribution >= 4 is 23.3 Å². The van der Waals surface area contributed by atoms with E-state index in [1.165, 1.54) is 31.4 Å². The fraction of sp³-hybridized carbons (Fsp3) is 0.172. The number of carbonyl (C=O) groups excluding carboxylic acids is 2. The van der Waals surface area contributed by atoms with Crippen molar-refractivity contribution in [1.29, 1.82) is 0 Å². The second-order valence-electron chi connectivity index (χ2n) is 8.80. The van der Waals surface area contributed by atoms with Crippen molar-refractivity contribution in [2.24, 2.45) is 0 Å². The average Bonchev–Trinajstić information content (AvgIpc) is 3.39. The summed E-state index contributed by atoms with van der Waals surface area (Å²) in [7, 11) is 1.30. The highest BCUT2D eigenvalue weighted by Crippen LogP contribution is 2.33. The molecule has 0 atom stereocenters. The number of anilines is 1. The van der Waals surface area contributed by atoms with Crippen molar-refractivity contribution in [3.05, 3.63) is 111 Å². The Morgan fingerprint density at radius 1 is 0.949 bits per heavy atom. The lowest BCUT2D eigenvalue weighted by molar-refractivity contribution is -0.384. The van der Waals surface area contributed by atoms with Gasteiger partial charge in [-0.1, -0.05) is 6.07 Å². The van der Waals surface area contributed by atoms with Gasteiger partial charge in [0.25, 0.3) is 11.6 Å². The van der Waals surface area contributed by atoms with Crippen molar-refractivity contribution in [2.45, 2.75) is 27.4 Å². The maximum absolute atomic E-state index is 12.8. The molecule has 0 bridgehead atoms. The van der Waals surface area contributed by atoms with Crippen LogP contribution < -0.4 is 14.8 Å². The molecule has 1 aromatic heterocycles. The third kappa shape index (κ3) is 6.61. The molecule has 0 saturated heterocycles. The molecule has 0 aliphatic rings. The zero-order valence-electron chi connectivity index (χ0n) is 21.8. The van der Waals surface area contributed by atoms with Crippen LogP contribution >= 0.6 is 0 Å². The third-order valence-electron chi connectivity index (χ3n) is 5.89. The van der Waals surface area contributed by atoms with Crippen LogP contribution in [0.25, 0.3) is 0 Å². The normalized spacial score (nSPS) is 10.6. The highest BCUT2D eigenvalue weighted by molar-refractivity contribution is 6.02. The highest BCUT2D eigenvalue weighted by Gasteiger charge is 2.17. The van der Waals surface area contributed by atoms with Crippen LogP contribution in [0.1, 0.15) is 43.4 Å². The molecule has 0 saturated carbocycles. The third-order valence-corrected chi connectivity index (χ3v) is 5.89. The number of nitro benzene ring substituents is 1. The maximum Gasteiger partial charge on any atom is 0.337 e. The highest BCUT2D eigenvalue weighted by atomic mass is 16.6. The van der Waals surface area contributed by atoms with Gasteiger partial charge in [-0.25, -0.2) is 4.79 Å². The predicted octanol–water partition coefficient (Wildman–Crippen LogP) is 6.52. The van der Waals surface area contributed by atoms with Crippen LogP contribution in [0.15, 0.2) is 71.1 Å². The molecule has 1 amide bonds. The Morgan fingerprint density at radius 3 is 2.38 bits per heavy atom. The van der Waals surface area contributed by atoms with E-state index in [-0.39, 0.29) is 29.5 Å². The molecule has 1 N–H and O–H groups in total. The summed E-state index contributed by atoms with van der Waals surface area (Å²) in [5, 5.41) is 14.2. The summed E-state index contributed by atoms with van der Waals surface area (Å²) in [6.07, 6.45) is 0. The molecule has 0 unspecified atom stereocenters. The fourth-order valence-electron chi connectivity index (χ4n) is 3.78. The van der Waals surface area contributed by atoms with Crippen molar-refractivity contribution in [1.82, 2.24) is 0 Å². The smallest absolute Gasteiger partial charge is 0.337 e. The Hall–Kier alpha value is -5.12. The van der Waals surface area contributed by atoms with Crippen LogP contribution in [-0.4, -0.2) is 23.9 Å². The molecule has 1 heterocycles. The first kappa shape index (κ1) is 26.9. The summed E-state index contributed by atoms with van der Waals surface area (Å²) >= 11 is 0. The number of nitrogens with one attached hydrogen (secondary N) is 1. The molecule has 0 aliphatic heterocycles. The van der Waals surface area contributed by atoms with Gasteiger partial charge in [0.2, 0.25) is 0 Å². The Kier molecular flexibility index (Phi) is 7.95. The number of hydrogen-bond donors (Lipinski definition) is 1. The molecule has 4 aromatic rings. The molecule has 0 aliphatic carbocycles. The second-order valence-corrected chi connectivity index (χ2v) is 8.80. The van der Waals surface area contributed by atoms with Crippen LogP contribution in [0.4, 0.5) is 11.4 Å². The summed E-state index contributed by atoms with van der Waals surface area (Å²) in [4.78, 5) is 35.3. The summed E-state index contributed by atoms with van der Waals surface area (Å²) in [5.74, 6) is 0.594. The minimum Gasteiger partial charge on any atom is -0.486 e. The van der Waals surface area contributed by atoms with Crippen molar-refractivity contribution in [2.75, 3.05) is 12.4 Å². The number of amides is 1. The predicted molar refractivity (Wildman–Crippen MR) is 143 cm³/mol. The summed E-state index contributed by atoms with van der Waals surface area (Å²) in [5.41, 5.74) is 3.24. The van der Waals surface area contributed by atoms with Crippen LogP contribution in [0.5, 0.6) is 17.2 Å². The van der Waals surface area contributed by atoms with Gasteiger partial charge < -0.3 is 23.9 Å². The molecule has 39 heavy (non-hydrogen) atoms. The van der Waals surface area contributed by atoms with Crippen LogP contribution in [0, 0.1) is 30.9 Å². The number of ether oxygens (including phenoxy) is 3. The number of aryl methyl sites for hydroxylation is 2. The number of methoxy groups -OCH3 is 1. The molecular weight excluding hydrogens is 504 g/mol. The molecule has 0 radical (unpaired) electrons. The van der Waals surface area contributed by atoms with E-state index in [0.29, 0.717) is 22.8 Å². The van der Waals surface area contributed by atoms with Crippen LogP contribution in [0.2, 0.25) is 0 Å². The van der Waals surface area contributed by atoms with Gasteiger partial charge in [-0.3, -0.25) is 14.9 Å². The second kappa shape index (κ2) is 11.5. The maximum atomic E-state index is 12.8. The van der Waals surface area contributed by atoms with E-state index in [1.54, 1.807) is 30.3 Å². The van der Waals surface area contributed by atoms with Gasteiger partial charge in [-0.15, -0.1) is 0 Å². The molecule has 3 aromatic carbocycles. The van der Waals surface area contributed by atoms with E-state index in [9.17, 15) is 19.7 Å². The molecule has 200 valence electrons. The number of non-ortho nitro benzene ring substituents is 1. The minimum atomic E-state index is -0.599. The van der Waals surface area contributed by atoms with Gasteiger partial charge in [0, 0.05) is 12.1 Å². The van der Waals surface area contributed by atoms with Crippen LogP contribution in [-0.2, 0) is 11.3 Å². The first-order valence-electron chi connectivity index (χ1n) is 11.9. The first-order chi connectivity index (χ1) is 18.6. The van der Waals surface area contributed by atoms with Gasteiger partial charge in [-0.05, 0) is 79.9 Å². The first-order valence-corrected chi connectivity index (χ1v) is 11.9. The van der Waals surface area contributed by atoms with E-state index in [4.69, 9.17) is 13.9 Å². The number of esters is 1. The molecule has 4 rings (SSSR count). The quantitative estimate of drug-likeness (QED) is 0.147. The van der Waals surface area contributed by atoms with Crippen molar-refractivity contribution in [3.8, 4) is 17.2 Å². The Balaban J connectivity index is 1.45. The SMILES string of the molecule is COC(=O)c1ccc(OCc2ccc(C(=O)Nc3cc(Oc4cc(C)cc(C)c4C)cc([N+](=O)[O-])c3)o2)cc1. The number of nitrogens with zero attached hydrogens (tertiary/aromatic N) is 1. The van der Waals surface area contributed by atoms with Crippen molar-refractivity contribution in [3.63, 3.8) is 0 Å². The minimum absolute atomic E-state index is 0.00577. The standard InChI is InChI=1S/C29H26N2O8/c1-17-11-18(2)19(3)27(12-17)39-25-14-21(13-22(15-25)31(34)35)30-28(32)26-10-9-24(38-26)16-37-23-7-5-20(6-8-23)29(33)36-4/h5-15H,16H2,1-4H3,(H,30,32). The van der Waals surface area contributed by atoms with Crippen LogP contribution in [0.3, 0.4) is 0 Å². The van der Waals surface area contributed by atoms with Gasteiger partial charge in [0.15, 0.2) is 5.76 Å². The largest absolute Gasteiger partial charge is 0.486 e. The number of nitro groups is 1. The number of rotatable bonds is 9. The zero-order chi connectivity index (χ0) is 28.1. The van der Waals surface area contributed by atoms with Gasteiger partial charge in [0.05, 0.1) is 29.4 Å². The summed E-state index contributed by atoms with van der Waals surface area (Å²) < 4.78 is 21.9. The lowest BCUT2D eigenvalue weighted by atomic mass is 10.1. The van der Waals surface area contributed by atoms with E-state index in [2.05, 4.69) is 10.1 Å². The Bertz CT molecular complexity index is 1540. The molecular formula is C29H26N2O8. The summed E-state index contributed by atoms with van der Waals surface area (Å²) in [6.45, 7) is 5.83. The number of furan rings is 1. The van der Waals surface area contributed by atoms with Gasteiger partial charge >= 0.3 is 5.97 Å². The number of carbonyl (C=O) groups is 2. The van der Waals surface area contributed by atoms with Crippen molar-refractivity contribution < 1.29 is 33.1 Å². The molecule has 10 heteroatoms. The van der Waals surface area contributed by atoms with E-state index in [0.717, 1.165) is 16.7 Å². The fourth-order valence-corrected chi connectivity index (χ4v) is 3.78. The Morgan fingerprint density at radius 2 is 1.69 bits per heavy atom. The van der Waals surface area contributed by atoms with Gasteiger partial charge in [0.1, 0.15) is 29.6 Å². The van der Waals surface area contributed by atoms with E-state index in [1.807, 2.05) is 32.9 Å². The topological polar surface area (TPSA) is 130 Å². The van der Waals surface area contributed by atoms with E-state index < -0.39 is 16.8 Å². The Labute approximate surface area is 224 Å². The number of benzene rings is 3. The molecule has 0 fully saturated rings. The number of hydrogen-bond acceptors (Lipinski definition) is 8. The van der Waals surface area contributed by atoms with Gasteiger partial charge in [-0.2, -0.15) is 0 Å². The lowest BCUT2D eigenvalue weighted by Crippen LogP contribution is -2.11. The molecule has 0 spiro atoms.